The highest BCUT2D eigenvalue weighted by atomic mass is 16.5. The van der Waals surface area contributed by atoms with Crippen LogP contribution in [0.2, 0.25) is 0 Å². The largest absolute Gasteiger partial charge is 0.446 e. The van der Waals surface area contributed by atoms with Gasteiger partial charge in [0, 0.05) is 32.2 Å². The van der Waals surface area contributed by atoms with E-state index in [0.29, 0.717) is 58.3 Å². The molecule has 1 aromatic heterocycles. The molecule has 5 N–H and O–H groups in total. The van der Waals surface area contributed by atoms with E-state index in [1.54, 1.807) is 4.90 Å². The minimum absolute atomic E-state index is 0.00500. The lowest BCUT2D eigenvalue weighted by Gasteiger charge is -2.32. The second-order valence-electron chi connectivity index (χ2n) is 11.6. The first kappa shape index (κ1) is 34.0. The van der Waals surface area contributed by atoms with Crippen LogP contribution in [0.25, 0.3) is 0 Å². The lowest BCUT2D eigenvalue weighted by molar-refractivity contribution is -0.140. The number of carbonyl (C=O) groups excluding carboxylic acids is 5. The first-order valence-corrected chi connectivity index (χ1v) is 15.2. The highest BCUT2D eigenvalue weighted by molar-refractivity contribution is 5.93. The van der Waals surface area contributed by atoms with Gasteiger partial charge in [0.1, 0.15) is 31.0 Å². The zero-order valence-corrected chi connectivity index (χ0v) is 25.5. The minimum Gasteiger partial charge on any atom is -0.446 e. The van der Waals surface area contributed by atoms with Crippen LogP contribution in [0, 0.1) is 11.8 Å². The number of fused-ring (bicyclic) bond motifs is 2. The Bertz CT molecular complexity index is 1110. The number of nitrogens with zero attached hydrogens (tertiary/aromatic N) is 2. The van der Waals surface area contributed by atoms with Crippen LogP contribution in [-0.2, 0) is 23.9 Å². The minimum atomic E-state index is -1.31. The van der Waals surface area contributed by atoms with Gasteiger partial charge in [0.2, 0.25) is 29.5 Å². The molecule has 0 radical (unpaired) electrons. The summed E-state index contributed by atoms with van der Waals surface area (Å²) >= 11 is 0. The van der Waals surface area contributed by atoms with Gasteiger partial charge < -0.3 is 40.4 Å². The standard InChI is InChI=1S/C29H46N6O8/c1-5-42-16-23(37)35-12-9-19(10-13-35)25(38)31-20-8-6-7-11-30-26(39)22-15-43-29(33-22)21(14-17(2)3)32-28(41)24(18(4)36)34-27(20)40/h15,17-21,24,36H,5-14,16H2,1-4H3,(H,30,39)(H,31,38)(H,32,41)(H,34,40)/t18-,20+,21+,24+/m1/s1. The molecule has 0 unspecified atom stereocenters. The molecule has 1 aromatic rings. The Morgan fingerprint density at radius 2 is 1.84 bits per heavy atom. The van der Waals surface area contributed by atoms with Crippen LogP contribution in [0.4, 0.5) is 0 Å². The van der Waals surface area contributed by atoms with Gasteiger partial charge in [-0.15, -0.1) is 0 Å². The Morgan fingerprint density at radius 1 is 1.12 bits per heavy atom. The number of rotatable bonds is 8. The Hall–Kier alpha value is -3.52. The van der Waals surface area contributed by atoms with Gasteiger partial charge in [-0.25, -0.2) is 4.98 Å². The van der Waals surface area contributed by atoms with E-state index in [9.17, 15) is 29.1 Å². The number of aliphatic hydroxyl groups excluding tert-OH is 1. The number of hydrogen-bond acceptors (Lipinski definition) is 9. The van der Waals surface area contributed by atoms with Crippen molar-refractivity contribution in [2.24, 2.45) is 11.8 Å². The van der Waals surface area contributed by atoms with Crippen molar-refractivity contribution in [1.82, 2.24) is 31.2 Å². The maximum atomic E-state index is 13.5. The lowest BCUT2D eigenvalue weighted by Crippen LogP contribution is -2.58. The summed E-state index contributed by atoms with van der Waals surface area (Å²) in [6.45, 7) is 8.69. The molecule has 14 nitrogen and oxygen atoms in total. The zero-order valence-electron chi connectivity index (χ0n) is 25.5. The first-order chi connectivity index (χ1) is 20.5. The Balaban J connectivity index is 1.73. The normalized spacial score (nSPS) is 23.7. The molecule has 2 aliphatic heterocycles. The highest BCUT2D eigenvalue weighted by Crippen LogP contribution is 2.22. The molecule has 43 heavy (non-hydrogen) atoms. The Morgan fingerprint density at radius 3 is 2.49 bits per heavy atom. The molecule has 3 rings (SSSR count). The number of amides is 5. The maximum absolute atomic E-state index is 13.5. The van der Waals surface area contributed by atoms with Crippen molar-refractivity contribution in [2.45, 2.75) is 90.4 Å². The molecule has 0 aromatic carbocycles. The van der Waals surface area contributed by atoms with E-state index in [-0.39, 0.29) is 48.3 Å². The number of oxazole rings is 1. The Labute approximate surface area is 252 Å². The van der Waals surface area contributed by atoms with Gasteiger partial charge in [-0.05, 0) is 58.3 Å². The van der Waals surface area contributed by atoms with Crippen LogP contribution >= 0.6 is 0 Å². The summed E-state index contributed by atoms with van der Waals surface area (Å²) in [5.74, 6) is -2.24. The summed E-state index contributed by atoms with van der Waals surface area (Å²) in [4.78, 5) is 70.8. The van der Waals surface area contributed by atoms with Crippen molar-refractivity contribution in [3.05, 3.63) is 17.8 Å². The summed E-state index contributed by atoms with van der Waals surface area (Å²) in [6.07, 6.45) is 2.57. The predicted molar refractivity (Wildman–Crippen MR) is 154 cm³/mol. The monoisotopic (exact) mass is 606 g/mol. The quantitative estimate of drug-likeness (QED) is 0.279. The van der Waals surface area contributed by atoms with Crippen LogP contribution in [0.1, 0.15) is 88.6 Å². The topological polar surface area (TPSA) is 192 Å². The third-order valence-electron chi connectivity index (χ3n) is 7.63. The summed E-state index contributed by atoms with van der Waals surface area (Å²) in [5, 5.41) is 21.5. The van der Waals surface area contributed by atoms with Gasteiger partial charge >= 0.3 is 0 Å². The molecule has 4 atom stereocenters. The van der Waals surface area contributed by atoms with Crippen LogP contribution in [-0.4, -0.2) is 95.6 Å². The van der Waals surface area contributed by atoms with E-state index in [1.165, 1.54) is 13.2 Å². The summed E-state index contributed by atoms with van der Waals surface area (Å²) in [6, 6.07) is -2.99. The van der Waals surface area contributed by atoms with Crippen LogP contribution in [0.5, 0.6) is 0 Å². The first-order valence-electron chi connectivity index (χ1n) is 15.2. The Kier molecular flexibility index (Phi) is 12.9. The number of aromatic nitrogens is 1. The van der Waals surface area contributed by atoms with Crippen molar-refractivity contribution in [1.29, 1.82) is 0 Å². The predicted octanol–water partition coefficient (Wildman–Crippen LogP) is 0.417. The van der Waals surface area contributed by atoms with Gasteiger partial charge in [0.25, 0.3) is 5.91 Å². The van der Waals surface area contributed by atoms with E-state index in [4.69, 9.17) is 9.15 Å². The zero-order chi connectivity index (χ0) is 31.5. The number of ether oxygens (including phenoxy) is 1. The molecule has 0 saturated carbocycles. The molecule has 0 spiro atoms. The van der Waals surface area contributed by atoms with E-state index in [1.807, 2.05) is 20.8 Å². The van der Waals surface area contributed by atoms with Gasteiger partial charge in [-0.2, -0.15) is 0 Å². The third kappa shape index (κ3) is 10.0. The fourth-order valence-corrected chi connectivity index (χ4v) is 5.16. The molecule has 0 aliphatic carbocycles. The molecular weight excluding hydrogens is 560 g/mol. The van der Waals surface area contributed by atoms with Gasteiger partial charge in [-0.1, -0.05) is 13.8 Å². The second kappa shape index (κ2) is 16.4. The highest BCUT2D eigenvalue weighted by Gasteiger charge is 2.34. The third-order valence-corrected chi connectivity index (χ3v) is 7.63. The number of nitrogens with one attached hydrogen (secondary N) is 4. The summed E-state index contributed by atoms with van der Waals surface area (Å²) in [5.41, 5.74) is 0.0845. The van der Waals surface area contributed by atoms with Crippen molar-refractivity contribution in [3.63, 3.8) is 0 Å². The average Bonchev–Trinajstić information content (AvgIpc) is 3.47. The number of likely N-dealkylation sites (tertiary alicyclic amines) is 1. The van der Waals surface area contributed by atoms with E-state index < -0.39 is 42.0 Å². The van der Waals surface area contributed by atoms with E-state index >= 15 is 0 Å². The average molecular weight is 607 g/mol. The molecule has 1 fully saturated rings. The summed E-state index contributed by atoms with van der Waals surface area (Å²) < 4.78 is 10.7. The second-order valence-corrected chi connectivity index (χ2v) is 11.6. The van der Waals surface area contributed by atoms with Gasteiger partial charge in [-0.3, -0.25) is 24.0 Å². The fraction of sp³-hybridized carbons (Fsp3) is 0.724. The molecule has 2 bridgehead atoms. The molecule has 2 aliphatic rings. The van der Waals surface area contributed by atoms with Crippen LogP contribution in [0.3, 0.4) is 0 Å². The van der Waals surface area contributed by atoms with Crippen molar-refractivity contribution in [2.75, 3.05) is 32.8 Å². The molecule has 1 saturated heterocycles. The number of aliphatic hydroxyl groups is 1. The van der Waals surface area contributed by atoms with Crippen LogP contribution < -0.4 is 21.3 Å². The number of hydrogen-bond donors (Lipinski definition) is 5. The van der Waals surface area contributed by atoms with Gasteiger partial charge in [0.05, 0.1) is 6.10 Å². The van der Waals surface area contributed by atoms with Crippen molar-refractivity contribution in [3.8, 4) is 0 Å². The molecule has 240 valence electrons. The van der Waals surface area contributed by atoms with Crippen LogP contribution in [0.15, 0.2) is 10.7 Å². The van der Waals surface area contributed by atoms with E-state index in [0.717, 1.165) is 0 Å². The van der Waals surface area contributed by atoms with E-state index in [2.05, 4.69) is 26.3 Å². The van der Waals surface area contributed by atoms with Crippen molar-refractivity contribution < 1.29 is 38.2 Å². The van der Waals surface area contributed by atoms with Crippen molar-refractivity contribution >= 4 is 29.5 Å². The maximum Gasteiger partial charge on any atom is 0.273 e. The lowest BCUT2D eigenvalue weighted by atomic mass is 9.95. The molecular formula is C29H46N6O8. The molecule has 14 heteroatoms. The van der Waals surface area contributed by atoms with Gasteiger partial charge in [0.15, 0.2) is 5.69 Å². The number of piperidine rings is 1. The molecule has 5 amide bonds. The molecule has 3 heterocycles. The smallest absolute Gasteiger partial charge is 0.273 e. The fourth-order valence-electron chi connectivity index (χ4n) is 5.16. The SMILES string of the molecule is CCOCC(=O)N1CCC(C(=O)N[C@H]2CCCCNC(=O)c3coc(n3)[C@H](CC(C)C)NC(=O)[C@H]([C@@H](C)O)NC2=O)CC1. The number of carbonyl (C=O) groups is 5. The summed E-state index contributed by atoms with van der Waals surface area (Å²) in [7, 11) is 0.